The lowest BCUT2D eigenvalue weighted by atomic mass is 10.1. The average Bonchev–Trinajstić information content (AvgIpc) is 2.90. The maximum Gasteiger partial charge on any atom is 0.340 e. The Bertz CT molecular complexity index is 687. The fourth-order valence-electron chi connectivity index (χ4n) is 2.95. The molecule has 1 aliphatic rings. The van der Waals surface area contributed by atoms with Crippen molar-refractivity contribution in [2.24, 2.45) is 0 Å². The first kappa shape index (κ1) is 15.5. The number of nitrogens with zero attached hydrogens (tertiary/aromatic N) is 1. The third kappa shape index (κ3) is 3.88. The molecule has 0 unspecified atom stereocenters. The average molecular weight is 316 g/mol. The molecule has 0 radical (unpaired) electrons. The molecule has 0 atom stereocenters. The van der Waals surface area contributed by atoms with Crippen LogP contribution in [0.25, 0.3) is 11.1 Å². The second-order valence-electron chi connectivity index (χ2n) is 5.84. The second kappa shape index (κ2) is 7.26. The number of benzene rings is 1. The van der Waals surface area contributed by atoms with Crippen molar-refractivity contribution in [1.29, 1.82) is 0 Å². The summed E-state index contributed by atoms with van der Waals surface area (Å²) in [6, 6.07) is 5.21. The first-order valence-corrected chi connectivity index (χ1v) is 8.03. The van der Waals surface area contributed by atoms with Gasteiger partial charge in [-0.25, -0.2) is 9.78 Å². The lowest BCUT2D eigenvalue weighted by molar-refractivity contribution is -0.125. The van der Waals surface area contributed by atoms with E-state index in [9.17, 15) is 9.59 Å². The van der Waals surface area contributed by atoms with Crippen LogP contribution in [-0.2, 0) is 9.53 Å². The van der Waals surface area contributed by atoms with Gasteiger partial charge in [-0.15, -0.1) is 0 Å². The normalized spacial score (nSPS) is 16.0. The summed E-state index contributed by atoms with van der Waals surface area (Å²) in [5, 5.41) is 2.95. The van der Waals surface area contributed by atoms with Crippen molar-refractivity contribution in [2.45, 2.75) is 44.6 Å². The van der Waals surface area contributed by atoms with Crippen LogP contribution in [0.15, 0.2) is 29.0 Å². The topological polar surface area (TPSA) is 81.4 Å². The fourth-order valence-corrected chi connectivity index (χ4v) is 2.95. The number of nitrogens with one attached hydrogen (secondary N) is 1. The number of para-hydroxylation sites is 1. The molecule has 0 bridgehead atoms. The lowest BCUT2D eigenvalue weighted by Gasteiger charge is -2.16. The minimum absolute atomic E-state index is 0.197. The molecule has 1 aliphatic carbocycles. The zero-order valence-electron chi connectivity index (χ0n) is 12.9. The highest BCUT2D eigenvalue weighted by Gasteiger charge is 2.18. The van der Waals surface area contributed by atoms with E-state index in [0.717, 1.165) is 25.7 Å². The van der Waals surface area contributed by atoms with Crippen LogP contribution in [0.1, 0.15) is 48.9 Å². The third-order valence-electron chi connectivity index (χ3n) is 4.14. The van der Waals surface area contributed by atoms with Gasteiger partial charge in [-0.3, -0.25) is 4.79 Å². The van der Waals surface area contributed by atoms with Crippen molar-refractivity contribution in [3.8, 4) is 0 Å². The Kier molecular flexibility index (Phi) is 4.90. The smallest absolute Gasteiger partial charge is 0.340 e. The predicted octanol–water partition coefficient (Wildman–Crippen LogP) is 2.82. The van der Waals surface area contributed by atoms with Crippen LogP contribution in [0.4, 0.5) is 0 Å². The Balaban J connectivity index is 1.54. The van der Waals surface area contributed by atoms with E-state index >= 15 is 0 Å². The first-order valence-electron chi connectivity index (χ1n) is 8.03. The van der Waals surface area contributed by atoms with Crippen molar-refractivity contribution < 1.29 is 18.7 Å². The molecule has 0 aliphatic heterocycles. The summed E-state index contributed by atoms with van der Waals surface area (Å²) >= 11 is 0. The van der Waals surface area contributed by atoms with Crippen LogP contribution < -0.4 is 5.32 Å². The molecule has 1 amide bonds. The summed E-state index contributed by atoms with van der Waals surface area (Å²) in [6.07, 6.45) is 8.00. The van der Waals surface area contributed by atoms with E-state index < -0.39 is 5.97 Å². The summed E-state index contributed by atoms with van der Waals surface area (Å²) in [6.45, 7) is -0.274. The fraction of sp³-hybridized carbons (Fsp3) is 0.471. The van der Waals surface area contributed by atoms with Gasteiger partial charge < -0.3 is 14.5 Å². The first-order chi connectivity index (χ1) is 11.2. The van der Waals surface area contributed by atoms with E-state index in [1.807, 2.05) is 0 Å². The van der Waals surface area contributed by atoms with Gasteiger partial charge in [0.1, 0.15) is 5.52 Å². The van der Waals surface area contributed by atoms with Gasteiger partial charge in [-0.1, -0.05) is 31.7 Å². The van der Waals surface area contributed by atoms with Crippen LogP contribution in [-0.4, -0.2) is 29.5 Å². The van der Waals surface area contributed by atoms with Crippen LogP contribution in [0, 0.1) is 0 Å². The summed E-state index contributed by atoms with van der Waals surface area (Å²) in [5.74, 6) is -0.821. The number of hydrogen-bond donors (Lipinski definition) is 1. The molecule has 6 heteroatoms. The van der Waals surface area contributed by atoms with E-state index in [1.54, 1.807) is 18.2 Å². The molecule has 23 heavy (non-hydrogen) atoms. The number of carbonyl (C=O) groups excluding carboxylic acids is 2. The van der Waals surface area contributed by atoms with Crippen LogP contribution in [0.2, 0.25) is 0 Å². The largest absolute Gasteiger partial charge is 0.452 e. The minimum Gasteiger partial charge on any atom is -0.452 e. The molecular weight excluding hydrogens is 296 g/mol. The van der Waals surface area contributed by atoms with E-state index in [0.29, 0.717) is 16.7 Å². The molecule has 1 fully saturated rings. The van der Waals surface area contributed by atoms with Crippen molar-refractivity contribution in [3.05, 3.63) is 30.2 Å². The maximum atomic E-state index is 12.1. The summed E-state index contributed by atoms with van der Waals surface area (Å²) < 4.78 is 10.3. The molecule has 1 aromatic carbocycles. The van der Waals surface area contributed by atoms with Gasteiger partial charge in [0.25, 0.3) is 5.91 Å². The summed E-state index contributed by atoms with van der Waals surface area (Å²) in [5.41, 5.74) is 1.27. The Morgan fingerprint density at radius 1 is 1.22 bits per heavy atom. The molecule has 3 rings (SSSR count). The van der Waals surface area contributed by atoms with Gasteiger partial charge in [-0.2, -0.15) is 0 Å². The quantitative estimate of drug-likeness (QED) is 0.693. The number of esters is 1. The molecule has 0 saturated heterocycles. The zero-order chi connectivity index (χ0) is 16.1. The maximum absolute atomic E-state index is 12.1. The Morgan fingerprint density at radius 2 is 2.00 bits per heavy atom. The van der Waals surface area contributed by atoms with E-state index in [-0.39, 0.29) is 18.6 Å². The number of carbonyl (C=O) groups is 2. The minimum atomic E-state index is -0.569. The standard InChI is InChI=1S/C17H20N2O4/c20-15(19-12-6-3-1-2-4-7-12)10-22-17(21)13-8-5-9-14-16(13)18-11-23-14/h5,8-9,11-12H,1-4,6-7,10H2,(H,19,20). The number of amides is 1. The molecule has 1 heterocycles. The summed E-state index contributed by atoms with van der Waals surface area (Å²) in [7, 11) is 0. The summed E-state index contributed by atoms with van der Waals surface area (Å²) in [4.78, 5) is 28.1. The number of fused-ring (bicyclic) bond motifs is 1. The SMILES string of the molecule is O=C(COC(=O)c1cccc2ocnc12)NC1CCCCCC1. The molecule has 1 saturated carbocycles. The van der Waals surface area contributed by atoms with E-state index in [1.165, 1.54) is 19.2 Å². The highest BCUT2D eigenvalue weighted by molar-refractivity contribution is 6.01. The predicted molar refractivity (Wildman–Crippen MR) is 83.9 cm³/mol. The lowest BCUT2D eigenvalue weighted by Crippen LogP contribution is -2.37. The molecule has 2 aromatic rings. The molecule has 0 spiro atoms. The van der Waals surface area contributed by atoms with Gasteiger partial charge >= 0.3 is 5.97 Å². The number of ether oxygens (including phenoxy) is 1. The molecule has 122 valence electrons. The Hall–Kier alpha value is -2.37. The molecule has 6 nitrogen and oxygen atoms in total. The van der Waals surface area contributed by atoms with Gasteiger partial charge in [-0.05, 0) is 25.0 Å². The second-order valence-corrected chi connectivity index (χ2v) is 5.84. The van der Waals surface area contributed by atoms with Crippen LogP contribution in [0.3, 0.4) is 0 Å². The van der Waals surface area contributed by atoms with Gasteiger partial charge in [0.2, 0.25) is 0 Å². The van der Waals surface area contributed by atoms with Crippen molar-refractivity contribution >= 4 is 23.0 Å². The number of aromatic nitrogens is 1. The monoisotopic (exact) mass is 316 g/mol. The molecule has 1 N–H and O–H groups in total. The van der Waals surface area contributed by atoms with E-state index in [4.69, 9.17) is 9.15 Å². The molecular formula is C17H20N2O4. The van der Waals surface area contributed by atoms with Crippen LogP contribution in [0.5, 0.6) is 0 Å². The number of hydrogen-bond acceptors (Lipinski definition) is 5. The molecule has 1 aromatic heterocycles. The number of oxazole rings is 1. The van der Waals surface area contributed by atoms with Crippen molar-refractivity contribution in [2.75, 3.05) is 6.61 Å². The highest BCUT2D eigenvalue weighted by atomic mass is 16.5. The van der Waals surface area contributed by atoms with Gasteiger partial charge in [0, 0.05) is 6.04 Å². The Labute approximate surface area is 134 Å². The van der Waals surface area contributed by atoms with Crippen molar-refractivity contribution in [3.63, 3.8) is 0 Å². The van der Waals surface area contributed by atoms with E-state index in [2.05, 4.69) is 10.3 Å². The van der Waals surface area contributed by atoms with Crippen LogP contribution >= 0.6 is 0 Å². The third-order valence-corrected chi connectivity index (χ3v) is 4.14. The number of rotatable bonds is 4. The zero-order valence-corrected chi connectivity index (χ0v) is 12.9. The van der Waals surface area contributed by atoms with Gasteiger partial charge in [0.05, 0.1) is 5.56 Å². The van der Waals surface area contributed by atoms with Crippen molar-refractivity contribution in [1.82, 2.24) is 10.3 Å². The Morgan fingerprint density at radius 3 is 2.78 bits per heavy atom. The highest BCUT2D eigenvalue weighted by Crippen LogP contribution is 2.18. The van der Waals surface area contributed by atoms with Gasteiger partial charge in [0.15, 0.2) is 18.6 Å².